The van der Waals surface area contributed by atoms with E-state index in [0.717, 1.165) is 18.8 Å². The number of rotatable bonds is 9. The second kappa shape index (κ2) is 10.1. The first kappa shape index (κ1) is 23.1. The van der Waals surface area contributed by atoms with E-state index in [1.807, 2.05) is 12.1 Å². The van der Waals surface area contributed by atoms with Crippen molar-refractivity contribution in [1.29, 1.82) is 0 Å². The molecule has 1 aliphatic rings. The lowest BCUT2D eigenvalue weighted by Crippen LogP contribution is -2.37. The van der Waals surface area contributed by atoms with Crippen molar-refractivity contribution in [2.24, 2.45) is 0 Å². The number of aliphatic hydroxyl groups is 2. The van der Waals surface area contributed by atoms with Crippen molar-refractivity contribution in [2.45, 2.75) is 37.9 Å². The molecule has 3 rings (SSSR count). The summed E-state index contributed by atoms with van der Waals surface area (Å²) in [6.07, 6.45) is -1.68. The molecular formula is C24H28FNO5. The summed E-state index contributed by atoms with van der Waals surface area (Å²) in [7, 11) is 0. The first-order valence-corrected chi connectivity index (χ1v) is 10.5. The van der Waals surface area contributed by atoms with Gasteiger partial charge in [0.15, 0.2) is 11.6 Å². The molecule has 0 spiro atoms. The smallest absolute Gasteiger partial charge is 0.168 e. The zero-order chi connectivity index (χ0) is 22.4. The molecule has 6 nitrogen and oxygen atoms in total. The number of hydrogen-bond donors (Lipinski definition) is 2. The number of morpholine rings is 1. The molecule has 0 saturated carbocycles. The Morgan fingerprint density at radius 2 is 1.71 bits per heavy atom. The molecule has 0 bridgehead atoms. The van der Waals surface area contributed by atoms with Crippen LogP contribution < -0.4 is 4.90 Å². The number of ether oxygens (including phenoxy) is 1. The fraction of sp³-hybridized carbons (Fsp3) is 0.417. The maximum atomic E-state index is 13.1. The summed E-state index contributed by atoms with van der Waals surface area (Å²) >= 11 is 0. The molecule has 166 valence electrons. The summed E-state index contributed by atoms with van der Waals surface area (Å²) in [5.74, 6) is -1.40. The molecule has 2 N–H and O–H groups in total. The van der Waals surface area contributed by atoms with Crippen molar-refractivity contribution in [3.05, 3.63) is 65.5 Å². The van der Waals surface area contributed by atoms with Gasteiger partial charge in [0.1, 0.15) is 17.5 Å². The van der Waals surface area contributed by atoms with E-state index in [9.17, 15) is 24.2 Å². The van der Waals surface area contributed by atoms with E-state index in [4.69, 9.17) is 4.74 Å². The topological polar surface area (TPSA) is 87.1 Å². The standard InChI is InChI=1S/C24H28FNO5/c1-2-22(28)24(30,12-11-21(27)23(29)17-3-7-19(25)8-4-17)18-5-9-20(10-6-18)26-13-15-31-16-14-26/h3-10,23,29-30H,2,11-16H2,1H3. The normalized spacial score (nSPS) is 17.1. The predicted octanol–water partition coefficient (Wildman–Crippen LogP) is 2.91. The predicted molar refractivity (Wildman–Crippen MR) is 114 cm³/mol. The van der Waals surface area contributed by atoms with Gasteiger partial charge in [0, 0.05) is 31.6 Å². The van der Waals surface area contributed by atoms with Crippen LogP contribution in [0.2, 0.25) is 0 Å². The minimum absolute atomic E-state index is 0.108. The zero-order valence-electron chi connectivity index (χ0n) is 17.6. The SMILES string of the molecule is CCC(=O)C(O)(CCC(=O)C(O)c1ccc(F)cc1)c1ccc(N2CCOCC2)cc1. The fourth-order valence-corrected chi connectivity index (χ4v) is 3.78. The van der Waals surface area contributed by atoms with Gasteiger partial charge in [-0.15, -0.1) is 0 Å². The monoisotopic (exact) mass is 429 g/mol. The van der Waals surface area contributed by atoms with Crippen molar-refractivity contribution in [1.82, 2.24) is 0 Å². The van der Waals surface area contributed by atoms with Gasteiger partial charge in [-0.1, -0.05) is 31.2 Å². The van der Waals surface area contributed by atoms with Crippen LogP contribution in [0.15, 0.2) is 48.5 Å². The Balaban J connectivity index is 1.73. The summed E-state index contributed by atoms with van der Waals surface area (Å²) in [5, 5.41) is 21.5. The summed E-state index contributed by atoms with van der Waals surface area (Å²) < 4.78 is 18.4. The van der Waals surface area contributed by atoms with E-state index in [1.165, 1.54) is 24.3 Å². The lowest BCUT2D eigenvalue weighted by Gasteiger charge is -2.30. The van der Waals surface area contributed by atoms with Crippen molar-refractivity contribution >= 4 is 17.3 Å². The van der Waals surface area contributed by atoms with Gasteiger partial charge < -0.3 is 19.8 Å². The number of halogens is 1. The maximum Gasteiger partial charge on any atom is 0.168 e. The van der Waals surface area contributed by atoms with Crippen molar-refractivity contribution in [3.63, 3.8) is 0 Å². The molecule has 1 heterocycles. The van der Waals surface area contributed by atoms with Gasteiger partial charge in [0.2, 0.25) is 0 Å². The highest BCUT2D eigenvalue weighted by Crippen LogP contribution is 2.32. The Hall–Kier alpha value is -2.61. The average molecular weight is 429 g/mol. The molecule has 31 heavy (non-hydrogen) atoms. The second-order valence-electron chi connectivity index (χ2n) is 7.70. The lowest BCUT2D eigenvalue weighted by atomic mass is 9.82. The van der Waals surface area contributed by atoms with Crippen LogP contribution in [0.3, 0.4) is 0 Å². The minimum atomic E-state index is -1.82. The molecule has 1 fully saturated rings. The quantitative estimate of drug-likeness (QED) is 0.637. The molecule has 0 aromatic heterocycles. The van der Waals surface area contributed by atoms with Crippen LogP contribution in [0, 0.1) is 5.82 Å². The number of benzene rings is 2. The lowest BCUT2D eigenvalue weighted by molar-refractivity contribution is -0.140. The number of carbonyl (C=O) groups excluding carboxylic acids is 2. The first-order chi connectivity index (χ1) is 14.8. The van der Waals surface area contributed by atoms with E-state index in [2.05, 4.69) is 4.90 Å². The molecule has 0 aliphatic carbocycles. The van der Waals surface area contributed by atoms with E-state index < -0.39 is 29.1 Å². The van der Waals surface area contributed by atoms with Gasteiger partial charge >= 0.3 is 0 Å². The molecule has 1 saturated heterocycles. The van der Waals surface area contributed by atoms with E-state index in [1.54, 1.807) is 19.1 Å². The Morgan fingerprint density at radius 3 is 2.29 bits per heavy atom. The molecular weight excluding hydrogens is 401 g/mol. The Kier molecular flexibility index (Phi) is 7.54. The third kappa shape index (κ3) is 5.36. The van der Waals surface area contributed by atoms with Gasteiger partial charge in [0.05, 0.1) is 13.2 Å². The van der Waals surface area contributed by atoms with E-state index in [-0.39, 0.29) is 24.8 Å². The van der Waals surface area contributed by atoms with Crippen molar-refractivity contribution < 1.29 is 28.9 Å². The van der Waals surface area contributed by atoms with Crippen LogP contribution in [-0.4, -0.2) is 48.1 Å². The van der Waals surface area contributed by atoms with Crippen molar-refractivity contribution in [3.8, 4) is 0 Å². The first-order valence-electron chi connectivity index (χ1n) is 10.5. The van der Waals surface area contributed by atoms with Crippen LogP contribution in [0.1, 0.15) is 43.4 Å². The highest BCUT2D eigenvalue weighted by atomic mass is 19.1. The third-order valence-corrected chi connectivity index (χ3v) is 5.73. The van der Waals surface area contributed by atoms with E-state index in [0.29, 0.717) is 18.8 Å². The molecule has 0 radical (unpaired) electrons. The molecule has 2 aromatic rings. The average Bonchev–Trinajstić information content (AvgIpc) is 2.82. The summed E-state index contributed by atoms with van der Waals surface area (Å²) in [6.45, 7) is 4.50. The summed E-state index contributed by atoms with van der Waals surface area (Å²) in [4.78, 5) is 27.3. The summed E-state index contributed by atoms with van der Waals surface area (Å²) in [6, 6.07) is 12.1. The Bertz CT molecular complexity index is 893. The number of nitrogens with zero attached hydrogens (tertiary/aromatic N) is 1. The number of anilines is 1. The molecule has 2 aromatic carbocycles. The summed E-state index contributed by atoms with van der Waals surface area (Å²) in [5.41, 5.74) is -0.163. The maximum absolute atomic E-state index is 13.1. The number of hydrogen-bond acceptors (Lipinski definition) is 6. The van der Waals surface area contributed by atoms with Crippen LogP contribution in [0.25, 0.3) is 0 Å². The molecule has 0 amide bonds. The zero-order valence-corrected chi connectivity index (χ0v) is 17.6. The molecule has 7 heteroatoms. The van der Waals surface area contributed by atoms with Crippen LogP contribution in [0.5, 0.6) is 0 Å². The van der Waals surface area contributed by atoms with Crippen molar-refractivity contribution in [2.75, 3.05) is 31.2 Å². The second-order valence-corrected chi connectivity index (χ2v) is 7.70. The fourth-order valence-electron chi connectivity index (χ4n) is 3.78. The van der Waals surface area contributed by atoms with Gasteiger partial charge in [0.25, 0.3) is 0 Å². The van der Waals surface area contributed by atoms with Gasteiger partial charge in [-0.25, -0.2) is 4.39 Å². The van der Waals surface area contributed by atoms with Crippen LogP contribution in [0.4, 0.5) is 10.1 Å². The number of ketones is 2. The molecule has 2 atom stereocenters. The van der Waals surface area contributed by atoms with Gasteiger partial charge in [-0.2, -0.15) is 0 Å². The van der Waals surface area contributed by atoms with Crippen LogP contribution in [-0.2, 0) is 19.9 Å². The van der Waals surface area contributed by atoms with Gasteiger partial charge in [-0.3, -0.25) is 9.59 Å². The van der Waals surface area contributed by atoms with Gasteiger partial charge in [-0.05, 0) is 41.8 Å². The molecule has 1 aliphatic heterocycles. The highest BCUT2D eigenvalue weighted by molar-refractivity contribution is 5.90. The minimum Gasteiger partial charge on any atom is -0.381 e. The van der Waals surface area contributed by atoms with E-state index >= 15 is 0 Å². The number of Topliss-reactive ketones (excluding diaryl/α,β-unsaturated/α-hetero) is 2. The number of aliphatic hydroxyl groups excluding tert-OH is 1. The third-order valence-electron chi connectivity index (χ3n) is 5.73. The molecule has 2 unspecified atom stereocenters. The van der Waals surface area contributed by atoms with Crippen LogP contribution >= 0.6 is 0 Å². The number of carbonyl (C=O) groups is 2. The largest absolute Gasteiger partial charge is 0.381 e. The Morgan fingerprint density at radius 1 is 1.10 bits per heavy atom. The highest BCUT2D eigenvalue weighted by Gasteiger charge is 2.37. The Labute approximate surface area is 181 Å².